The zero-order valence-electron chi connectivity index (χ0n) is 24.9. The third-order valence-electron chi connectivity index (χ3n) is 7.92. The first-order valence-corrected chi connectivity index (χ1v) is 16.1. The molecule has 0 amide bonds. The number of aliphatic hydroxyl groups is 2. The highest BCUT2D eigenvalue weighted by atomic mass is 16.3. The first kappa shape index (κ1) is 34.9. The summed E-state index contributed by atoms with van der Waals surface area (Å²) in [6.45, 7) is 6.56. The van der Waals surface area contributed by atoms with Crippen LogP contribution in [0.25, 0.3) is 0 Å². The van der Waals surface area contributed by atoms with Crippen LogP contribution in [0.15, 0.2) is 0 Å². The molecule has 0 aromatic carbocycles. The Morgan fingerprint density at radius 3 is 0.943 bits per heavy atom. The van der Waals surface area contributed by atoms with E-state index in [1.54, 1.807) is 0 Å². The summed E-state index contributed by atoms with van der Waals surface area (Å²) >= 11 is 0. The summed E-state index contributed by atoms with van der Waals surface area (Å²) in [4.78, 5) is 0. The van der Waals surface area contributed by atoms with Crippen molar-refractivity contribution in [3.63, 3.8) is 0 Å². The maximum absolute atomic E-state index is 10.4. The van der Waals surface area contributed by atoms with Crippen LogP contribution in [-0.2, 0) is 0 Å². The van der Waals surface area contributed by atoms with Crippen molar-refractivity contribution in [2.24, 2.45) is 0 Å². The fourth-order valence-electron chi connectivity index (χ4n) is 5.13. The summed E-state index contributed by atoms with van der Waals surface area (Å²) in [5.74, 6) is 0. The number of rotatable bonds is 28. The van der Waals surface area contributed by atoms with Gasteiger partial charge < -0.3 is 14.7 Å². The highest BCUT2D eigenvalue weighted by molar-refractivity contribution is 4.59. The first-order valence-electron chi connectivity index (χ1n) is 16.1. The average Bonchev–Trinajstić information content (AvgIpc) is 2.84. The quantitative estimate of drug-likeness (QED) is 0.0833. The van der Waals surface area contributed by atoms with Gasteiger partial charge in [0, 0.05) is 12.8 Å². The lowest BCUT2D eigenvalue weighted by Gasteiger charge is -2.31. The Balaban J connectivity index is 3.57. The van der Waals surface area contributed by atoms with E-state index < -0.39 is 0 Å². The lowest BCUT2D eigenvalue weighted by atomic mass is 10.0. The van der Waals surface area contributed by atoms with E-state index in [1.807, 2.05) is 0 Å². The molecule has 2 unspecified atom stereocenters. The Morgan fingerprint density at radius 1 is 0.400 bits per heavy atom. The Bertz CT molecular complexity index is 376. The molecule has 3 nitrogen and oxygen atoms in total. The molecule has 0 rings (SSSR count). The Kier molecular flexibility index (Phi) is 25.4. The van der Waals surface area contributed by atoms with Crippen LogP contribution in [0.4, 0.5) is 0 Å². The van der Waals surface area contributed by atoms with Gasteiger partial charge in [0.1, 0.15) is 0 Å². The van der Waals surface area contributed by atoms with Gasteiger partial charge in [-0.15, -0.1) is 0 Å². The van der Waals surface area contributed by atoms with E-state index in [9.17, 15) is 10.2 Å². The topological polar surface area (TPSA) is 40.5 Å². The van der Waals surface area contributed by atoms with Crippen LogP contribution in [0.5, 0.6) is 0 Å². The van der Waals surface area contributed by atoms with Gasteiger partial charge in [0.2, 0.25) is 0 Å². The summed E-state index contributed by atoms with van der Waals surface area (Å²) in [6.07, 6.45) is 30.4. The van der Waals surface area contributed by atoms with Crippen LogP contribution < -0.4 is 0 Å². The number of hydrogen-bond donors (Lipinski definition) is 2. The first-order chi connectivity index (χ1) is 16.9. The summed E-state index contributed by atoms with van der Waals surface area (Å²) < 4.78 is 0.907. The summed E-state index contributed by atoms with van der Waals surface area (Å²) in [5.41, 5.74) is 0. The van der Waals surface area contributed by atoms with Gasteiger partial charge in [-0.3, -0.25) is 0 Å². The molecule has 0 aromatic heterocycles. The number of nitrogens with zero attached hydrogens (tertiary/aromatic N) is 1. The van der Waals surface area contributed by atoms with Gasteiger partial charge in [0.25, 0.3) is 0 Å². The fourth-order valence-corrected chi connectivity index (χ4v) is 5.13. The van der Waals surface area contributed by atoms with Crippen molar-refractivity contribution in [3.8, 4) is 0 Å². The van der Waals surface area contributed by atoms with Crippen LogP contribution in [0, 0.1) is 0 Å². The van der Waals surface area contributed by atoms with Crippen molar-refractivity contribution in [3.05, 3.63) is 0 Å². The minimum atomic E-state index is -0.155. The predicted molar refractivity (Wildman–Crippen MR) is 156 cm³/mol. The van der Waals surface area contributed by atoms with Gasteiger partial charge in [-0.2, -0.15) is 0 Å². The molecule has 35 heavy (non-hydrogen) atoms. The van der Waals surface area contributed by atoms with Gasteiger partial charge >= 0.3 is 0 Å². The minimum absolute atomic E-state index is 0.155. The summed E-state index contributed by atoms with van der Waals surface area (Å²) in [6, 6.07) is 0. The normalized spacial score (nSPS) is 13.9. The molecular formula is C32H68NO2+. The van der Waals surface area contributed by atoms with E-state index >= 15 is 0 Å². The highest BCUT2D eigenvalue weighted by Crippen LogP contribution is 2.16. The van der Waals surface area contributed by atoms with Gasteiger partial charge in [-0.1, -0.05) is 142 Å². The van der Waals surface area contributed by atoms with Gasteiger partial charge in [-0.05, 0) is 12.8 Å². The van der Waals surface area contributed by atoms with Crippen molar-refractivity contribution in [2.75, 3.05) is 27.2 Å². The van der Waals surface area contributed by atoms with Crippen LogP contribution in [-0.4, -0.2) is 54.1 Å². The molecule has 0 aliphatic carbocycles. The van der Waals surface area contributed by atoms with Crippen molar-refractivity contribution in [1.29, 1.82) is 0 Å². The fraction of sp³-hybridized carbons (Fsp3) is 1.00. The van der Waals surface area contributed by atoms with Crippen LogP contribution in [0.3, 0.4) is 0 Å². The third-order valence-corrected chi connectivity index (χ3v) is 7.92. The molecule has 212 valence electrons. The zero-order chi connectivity index (χ0) is 26.0. The Morgan fingerprint density at radius 2 is 0.657 bits per heavy atom. The molecule has 0 radical (unpaired) electrons. The van der Waals surface area contributed by atoms with E-state index in [2.05, 4.69) is 27.9 Å². The standard InChI is InChI=1S/C32H68NO2/c1-5-7-9-11-13-15-17-19-21-23-25-31(34)27-29-33(3,4)30-28-32(35)26-24-22-20-18-16-14-12-10-8-6-2/h31-32,34-35H,5-30H2,1-4H3/q+1. The SMILES string of the molecule is CCCCCCCCCCCCC(O)CC[N+](C)(C)CCC(O)CCCCCCCCCCCC. The minimum Gasteiger partial charge on any atom is -0.393 e. The van der Waals surface area contributed by atoms with Gasteiger partial charge in [0.05, 0.1) is 39.4 Å². The maximum Gasteiger partial charge on any atom is 0.0807 e. The molecule has 2 N–H and O–H groups in total. The van der Waals surface area contributed by atoms with E-state index in [0.717, 1.165) is 43.3 Å². The lowest BCUT2D eigenvalue weighted by molar-refractivity contribution is -0.891. The molecule has 0 fully saturated rings. The van der Waals surface area contributed by atoms with Crippen LogP contribution in [0.2, 0.25) is 0 Å². The molecule has 0 aromatic rings. The zero-order valence-corrected chi connectivity index (χ0v) is 24.9. The second-order valence-electron chi connectivity index (χ2n) is 12.2. The summed E-state index contributed by atoms with van der Waals surface area (Å²) in [7, 11) is 4.50. The highest BCUT2D eigenvalue weighted by Gasteiger charge is 2.19. The number of aliphatic hydroxyl groups excluding tert-OH is 2. The molecule has 0 spiro atoms. The largest absolute Gasteiger partial charge is 0.393 e. The van der Waals surface area contributed by atoms with E-state index in [0.29, 0.717) is 0 Å². The molecule has 0 saturated heterocycles. The molecular weight excluding hydrogens is 430 g/mol. The van der Waals surface area contributed by atoms with E-state index in [-0.39, 0.29) is 12.2 Å². The average molecular weight is 499 g/mol. The molecule has 2 atom stereocenters. The Labute approximate surface area is 222 Å². The predicted octanol–water partition coefficient (Wildman–Crippen LogP) is 9.19. The number of unbranched alkanes of at least 4 members (excludes halogenated alkanes) is 18. The maximum atomic E-state index is 10.4. The Hall–Kier alpha value is -0.120. The van der Waals surface area contributed by atoms with E-state index in [1.165, 1.54) is 128 Å². The lowest BCUT2D eigenvalue weighted by Crippen LogP contribution is -2.43. The van der Waals surface area contributed by atoms with Crippen molar-refractivity contribution >= 4 is 0 Å². The molecule has 0 aliphatic rings. The molecule has 0 aliphatic heterocycles. The van der Waals surface area contributed by atoms with Gasteiger partial charge in [-0.25, -0.2) is 0 Å². The molecule has 3 heteroatoms. The number of quaternary nitrogens is 1. The van der Waals surface area contributed by atoms with Crippen molar-refractivity contribution in [2.45, 2.75) is 180 Å². The molecule has 0 bridgehead atoms. The molecule has 0 heterocycles. The molecule has 0 saturated carbocycles. The van der Waals surface area contributed by atoms with Crippen LogP contribution in [0.1, 0.15) is 168 Å². The van der Waals surface area contributed by atoms with Crippen molar-refractivity contribution in [1.82, 2.24) is 0 Å². The van der Waals surface area contributed by atoms with Crippen molar-refractivity contribution < 1.29 is 14.7 Å². The summed E-state index contributed by atoms with van der Waals surface area (Å²) in [5, 5.41) is 20.8. The monoisotopic (exact) mass is 499 g/mol. The van der Waals surface area contributed by atoms with Crippen LogP contribution >= 0.6 is 0 Å². The van der Waals surface area contributed by atoms with E-state index in [4.69, 9.17) is 0 Å². The second-order valence-corrected chi connectivity index (χ2v) is 12.2. The third kappa shape index (κ3) is 26.7. The smallest absolute Gasteiger partial charge is 0.0807 e. The van der Waals surface area contributed by atoms with Gasteiger partial charge in [0.15, 0.2) is 0 Å². The second kappa shape index (κ2) is 25.5. The number of hydrogen-bond acceptors (Lipinski definition) is 2.